The number of morpholine rings is 1. The van der Waals surface area contributed by atoms with Gasteiger partial charge in [0.2, 0.25) is 0 Å². The summed E-state index contributed by atoms with van der Waals surface area (Å²) in [6.07, 6.45) is -0.448. The van der Waals surface area contributed by atoms with Crippen molar-refractivity contribution in [2.75, 3.05) is 64.0 Å². The van der Waals surface area contributed by atoms with Crippen LogP contribution < -0.4 is 5.73 Å². The summed E-state index contributed by atoms with van der Waals surface area (Å²) >= 11 is 1.94. The molecule has 0 spiro atoms. The predicted octanol–water partition coefficient (Wildman–Crippen LogP) is -0.339. The average molecular weight is 416 g/mol. The van der Waals surface area contributed by atoms with E-state index in [9.17, 15) is 5.11 Å². The second-order valence-electron chi connectivity index (χ2n) is 4.87. The van der Waals surface area contributed by atoms with E-state index < -0.39 is 6.10 Å². The summed E-state index contributed by atoms with van der Waals surface area (Å²) in [5.74, 6) is 2.78. The normalized spacial score (nSPS) is 23.2. The van der Waals surface area contributed by atoms with Crippen LogP contribution in [0.25, 0.3) is 0 Å². The Morgan fingerprint density at radius 3 is 2.55 bits per heavy atom. The summed E-state index contributed by atoms with van der Waals surface area (Å²) in [4.78, 5) is 8.62. The van der Waals surface area contributed by atoms with Crippen molar-refractivity contribution in [2.45, 2.75) is 6.10 Å². The van der Waals surface area contributed by atoms with Crippen molar-refractivity contribution in [1.82, 2.24) is 9.80 Å². The Kier molecular flexibility index (Phi) is 9.18. The van der Waals surface area contributed by atoms with Crippen LogP contribution in [-0.4, -0.2) is 91.0 Å². The van der Waals surface area contributed by atoms with Crippen molar-refractivity contribution in [2.24, 2.45) is 10.7 Å². The Labute approximate surface area is 142 Å². The number of aliphatic hydroxyl groups excluding tert-OH is 1. The second-order valence-corrected chi connectivity index (χ2v) is 6.09. The van der Waals surface area contributed by atoms with Gasteiger partial charge in [0.15, 0.2) is 5.96 Å². The highest BCUT2D eigenvalue weighted by Gasteiger charge is 2.16. The Hall–Kier alpha value is 0.230. The van der Waals surface area contributed by atoms with Gasteiger partial charge in [0.1, 0.15) is 0 Å². The smallest absolute Gasteiger partial charge is 0.191 e. The molecule has 0 radical (unpaired) electrons. The number of halogens is 1. The summed E-state index contributed by atoms with van der Waals surface area (Å²) < 4.78 is 5.28. The molecule has 3 N–H and O–H groups in total. The van der Waals surface area contributed by atoms with Crippen molar-refractivity contribution >= 4 is 41.7 Å². The first kappa shape index (κ1) is 18.3. The van der Waals surface area contributed by atoms with Gasteiger partial charge in [0.25, 0.3) is 0 Å². The van der Waals surface area contributed by atoms with E-state index in [4.69, 9.17) is 10.5 Å². The first-order chi connectivity index (χ1) is 9.25. The van der Waals surface area contributed by atoms with E-state index in [-0.39, 0.29) is 24.0 Å². The maximum absolute atomic E-state index is 9.98. The fourth-order valence-electron chi connectivity index (χ4n) is 2.23. The van der Waals surface area contributed by atoms with E-state index in [0.717, 1.165) is 50.9 Å². The molecule has 118 valence electrons. The van der Waals surface area contributed by atoms with Crippen LogP contribution in [0.15, 0.2) is 4.99 Å². The third-order valence-electron chi connectivity index (χ3n) is 3.37. The van der Waals surface area contributed by atoms with Crippen LogP contribution in [0.5, 0.6) is 0 Å². The zero-order chi connectivity index (χ0) is 13.5. The highest BCUT2D eigenvalue weighted by Crippen LogP contribution is 2.08. The highest BCUT2D eigenvalue weighted by atomic mass is 127. The van der Waals surface area contributed by atoms with E-state index in [1.807, 2.05) is 11.8 Å². The quantitative estimate of drug-likeness (QED) is 0.371. The zero-order valence-corrected chi connectivity index (χ0v) is 14.9. The summed E-state index contributed by atoms with van der Waals surface area (Å²) in [7, 11) is 0. The number of rotatable bonds is 4. The molecule has 0 aromatic heterocycles. The number of hydrogen-bond acceptors (Lipinski definition) is 5. The minimum atomic E-state index is -0.448. The molecule has 1 unspecified atom stereocenters. The van der Waals surface area contributed by atoms with Crippen LogP contribution in [0.3, 0.4) is 0 Å². The van der Waals surface area contributed by atoms with Crippen LogP contribution in [0.1, 0.15) is 0 Å². The molecule has 8 heteroatoms. The van der Waals surface area contributed by atoms with Crippen molar-refractivity contribution in [1.29, 1.82) is 0 Å². The molecule has 6 nitrogen and oxygen atoms in total. The summed E-state index contributed by atoms with van der Waals surface area (Å²) in [5, 5.41) is 9.98. The zero-order valence-electron chi connectivity index (χ0n) is 11.7. The topological polar surface area (TPSA) is 74.3 Å². The number of guanidine groups is 1. The number of hydrogen-bond donors (Lipinski definition) is 2. The lowest BCUT2D eigenvalue weighted by Gasteiger charge is -2.29. The Morgan fingerprint density at radius 1 is 1.25 bits per heavy atom. The fraction of sp³-hybridized carbons (Fsp3) is 0.917. The molecule has 0 aromatic carbocycles. The van der Waals surface area contributed by atoms with Crippen molar-refractivity contribution in [3.63, 3.8) is 0 Å². The minimum Gasteiger partial charge on any atom is -0.390 e. The standard InChI is InChI=1S/C12H24N4O2S.HI/c13-12(16-3-7-19-8-4-16)14-9-11(17)10-15-1-5-18-6-2-15;/h11,17H,1-10H2,(H2,13,14);1H. The van der Waals surface area contributed by atoms with Gasteiger partial charge in [-0.15, -0.1) is 24.0 Å². The highest BCUT2D eigenvalue weighted by molar-refractivity contribution is 14.0. The van der Waals surface area contributed by atoms with E-state index in [1.54, 1.807) is 0 Å². The Bertz CT molecular complexity index is 297. The summed E-state index contributed by atoms with van der Waals surface area (Å²) in [6, 6.07) is 0. The van der Waals surface area contributed by atoms with E-state index in [0.29, 0.717) is 19.0 Å². The van der Waals surface area contributed by atoms with Gasteiger partial charge in [0, 0.05) is 44.2 Å². The molecule has 2 aliphatic rings. The molecule has 0 amide bonds. The molecular formula is C12H25IN4O2S. The average Bonchev–Trinajstić information content (AvgIpc) is 2.47. The molecule has 2 saturated heterocycles. The lowest BCUT2D eigenvalue weighted by molar-refractivity contribution is 0.0164. The van der Waals surface area contributed by atoms with Crippen LogP contribution in [0.4, 0.5) is 0 Å². The first-order valence-corrected chi connectivity index (χ1v) is 8.02. The molecular weight excluding hydrogens is 391 g/mol. The Balaban J connectivity index is 0.00000200. The third kappa shape index (κ3) is 6.33. The fourth-order valence-corrected chi connectivity index (χ4v) is 3.13. The Morgan fingerprint density at radius 2 is 1.90 bits per heavy atom. The van der Waals surface area contributed by atoms with Crippen molar-refractivity contribution < 1.29 is 9.84 Å². The number of nitrogens with two attached hydrogens (primary N) is 1. The SMILES string of the molecule is I.NC(=NCC(O)CN1CCOCC1)N1CCSCC1. The number of aliphatic hydroxyl groups is 1. The van der Waals surface area contributed by atoms with Gasteiger partial charge < -0.3 is 20.5 Å². The summed E-state index contributed by atoms with van der Waals surface area (Å²) in [5.41, 5.74) is 5.95. The molecule has 20 heavy (non-hydrogen) atoms. The van der Waals surface area contributed by atoms with Crippen LogP contribution in [-0.2, 0) is 4.74 Å². The number of β-amino-alcohol motifs (C(OH)–C–C–N with tert-alkyl or cyclic N) is 1. The molecule has 2 heterocycles. The molecule has 0 bridgehead atoms. The van der Waals surface area contributed by atoms with E-state index >= 15 is 0 Å². The van der Waals surface area contributed by atoms with Gasteiger partial charge in [-0.1, -0.05) is 0 Å². The molecule has 2 rings (SSSR count). The largest absolute Gasteiger partial charge is 0.390 e. The van der Waals surface area contributed by atoms with Gasteiger partial charge in [-0.05, 0) is 0 Å². The molecule has 0 aliphatic carbocycles. The van der Waals surface area contributed by atoms with Crippen molar-refractivity contribution in [3.05, 3.63) is 0 Å². The molecule has 2 aliphatic heterocycles. The van der Waals surface area contributed by atoms with Gasteiger partial charge in [-0.3, -0.25) is 9.89 Å². The molecule has 1 atom stereocenters. The first-order valence-electron chi connectivity index (χ1n) is 6.86. The van der Waals surface area contributed by atoms with Crippen molar-refractivity contribution in [3.8, 4) is 0 Å². The monoisotopic (exact) mass is 416 g/mol. The number of ether oxygens (including phenoxy) is 1. The molecule has 2 fully saturated rings. The van der Waals surface area contributed by atoms with Gasteiger partial charge in [-0.25, -0.2) is 0 Å². The number of aliphatic imine (C=N–C) groups is 1. The maximum Gasteiger partial charge on any atom is 0.191 e. The van der Waals surface area contributed by atoms with Crippen LogP contribution in [0.2, 0.25) is 0 Å². The van der Waals surface area contributed by atoms with Crippen LogP contribution >= 0.6 is 35.7 Å². The molecule has 0 aromatic rings. The lowest BCUT2D eigenvalue weighted by atomic mass is 10.3. The maximum atomic E-state index is 9.98. The second kappa shape index (κ2) is 10.0. The van der Waals surface area contributed by atoms with Gasteiger partial charge >= 0.3 is 0 Å². The lowest BCUT2D eigenvalue weighted by Crippen LogP contribution is -2.44. The third-order valence-corrected chi connectivity index (χ3v) is 4.31. The van der Waals surface area contributed by atoms with E-state index in [2.05, 4.69) is 14.8 Å². The summed E-state index contributed by atoms with van der Waals surface area (Å²) in [6.45, 7) is 6.23. The molecule has 0 saturated carbocycles. The number of nitrogens with zero attached hydrogens (tertiary/aromatic N) is 3. The minimum absolute atomic E-state index is 0. The number of thioether (sulfide) groups is 1. The van der Waals surface area contributed by atoms with E-state index in [1.165, 1.54) is 0 Å². The predicted molar refractivity (Wildman–Crippen MR) is 94.1 cm³/mol. The van der Waals surface area contributed by atoms with Gasteiger partial charge in [0.05, 0.1) is 25.9 Å². The van der Waals surface area contributed by atoms with Gasteiger partial charge in [-0.2, -0.15) is 11.8 Å². The van der Waals surface area contributed by atoms with Crippen LogP contribution in [0, 0.1) is 0 Å².